The fraction of sp³-hybridized carbons (Fsp3) is 0.133. The maximum Gasteiger partial charge on any atom is 0.283 e. The number of nitro benzene ring substituents is 1. The van der Waals surface area contributed by atoms with Gasteiger partial charge in [-0.1, -0.05) is 30.0 Å². The Bertz CT molecular complexity index is 723. The maximum absolute atomic E-state index is 11.0. The second-order valence-electron chi connectivity index (χ2n) is 4.37. The summed E-state index contributed by atoms with van der Waals surface area (Å²) in [6.07, 6.45) is -0.719. The van der Waals surface area contributed by atoms with Gasteiger partial charge in [-0.15, -0.1) is 0 Å². The number of rotatable bonds is 4. The molecular formula is C15H12N2O3S. The molecule has 1 atom stereocenters. The van der Waals surface area contributed by atoms with Gasteiger partial charge in [0.2, 0.25) is 0 Å². The van der Waals surface area contributed by atoms with Crippen molar-refractivity contribution < 1.29 is 10.0 Å². The number of benzene rings is 2. The zero-order valence-corrected chi connectivity index (χ0v) is 12.0. The molecule has 0 heterocycles. The van der Waals surface area contributed by atoms with E-state index in [1.165, 1.54) is 17.8 Å². The van der Waals surface area contributed by atoms with Crippen LogP contribution in [0.25, 0.3) is 0 Å². The summed E-state index contributed by atoms with van der Waals surface area (Å²) in [6.45, 7) is 1.62. The molecule has 0 amide bonds. The zero-order valence-electron chi connectivity index (χ0n) is 11.2. The van der Waals surface area contributed by atoms with Crippen molar-refractivity contribution in [1.29, 1.82) is 5.26 Å². The van der Waals surface area contributed by atoms with Crippen LogP contribution in [0.1, 0.15) is 24.2 Å². The fourth-order valence-electron chi connectivity index (χ4n) is 1.85. The number of hydrogen-bond donors (Lipinski definition) is 1. The van der Waals surface area contributed by atoms with Crippen molar-refractivity contribution in [3.63, 3.8) is 0 Å². The normalized spacial score (nSPS) is 11.7. The standard InChI is InChI=1S/C15H12N2O3S/c1-10(18)12-7-6-11(9-16)8-15(12)21-14-5-3-2-4-13(14)17(19)20/h2-8,10,18H,1H3. The highest BCUT2D eigenvalue weighted by Crippen LogP contribution is 2.38. The quantitative estimate of drug-likeness (QED) is 0.687. The minimum Gasteiger partial charge on any atom is -0.389 e. The molecule has 2 rings (SSSR count). The van der Waals surface area contributed by atoms with Gasteiger partial charge in [-0.05, 0) is 30.7 Å². The van der Waals surface area contributed by atoms with E-state index in [0.717, 1.165) is 0 Å². The van der Waals surface area contributed by atoms with Crippen LogP contribution in [0.2, 0.25) is 0 Å². The lowest BCUT2D eigenvalue weighted by molar-refractivity contribution is -0.387. The summed E-state index contributed by atoms with van der Waals surface area (Å²) in [5.41, 5.74) is 1.08. The molecule has 0 bridgehead atoms. The van der Waals surface area contributed by atoms with Crippen LogP contribution >= 0.6 is 11.8 Å². The molecule has 0 saturated carbocycles. The van der Waals surface area contributed by atoms with Gasteiger partial charge >= 0.3 is 0 Å². The molecular weight excluding hydrogens is 288 g/mol. The molecule has 6 heteroatoms. The highest BCUT2D eigenvalue weighted by molar-refractivity contribution is 7.99. The Morgan fingerprint density at radius 1 is 1.29 bits per heavy atom. The number of aliphatic hydroxyl groups excluding tert-OH is 1. The summed E-state index contributed by atoms with van der Waals surface area (Å²) in [7, 11) is 0. The molecule has 0 aliphatic carbocycles. The number of aliphatic hydroxyl groups is 1. The second-order valence-corrected chi connectivity index (χ2v) is 5.45. The van der Waals surface area contributed by atoms with Crippen LogP contribution in [0.5, 0.6) is 0 Å². The summed E-state index contributed by atoms with van der Waals surface area (Å²) in [4.78, 5) is 11.7. The molecule has 0 fully saturated rings. The van der Waals surface area contributed by atoms with Crippen LogP contribution in [0.4, 0.5) is 5.69 Å². The molecule has 0 radical (unpaired) electrons. The largest absolute Gasteiger partial charge is 0.389 e. The summed E-state index contributed by atoms with van der Waals surface area (Å²) in [5.74, 6) is 0. The van der Waals surface area contributed by atoms with Gasteiger partial charge in [-0.3, -0.25) is 10.1 Å². The van der Waals surface area contributed by atoms with E-state index < -0.39 is 11.0 Å². The molecule has 5 nitrogen and oxygen atoms in total. The average molecular weight is 300 g/mol. The van der Waals surface area contributed by atoms with Crippen molar-refractivity contribution in [3.8, 4) is 6.07 Å². The number of nitriles is 1. The highest BCUT2D eigenvalue weighted by atomic mass is 32.2. The van der Waals surface area contributed by atoms with Crippen LogP contribution in [-0.2, 0) is 0 Å². The van der Waals surface area contributed by atoms with Crippen molar-refractivity contribution in [2.45, 2.75) is 22.8 Å². The Morgan fingerprint density at radius 2 is 2.00 bits per heavy atom. The number of para-hydroxylation sites is 1. The lowest BCUT2D eigenvalue weighted by Crippen LogP contribution is -1.96. The lowest BCUT2D eigenvalue weighted by atomic mass is 10.1. The fourth-order valence-corrected chi connectivity index (χ4v) is 3.02. The predicted octanol–water partition coefficient (Wildman–Crippen LogP) is 3.67. The van der Waals surface area contributed by atoms with Gasteiger partial charge in [0.25, 0.3) is 5.69 Å². The molecule has 106 valence electrons. The van der Waals surface area contributed by atoms with E-state index >= 15 is 0 Å². The van der Waals surface area contributed by atoms with Crippen LogP contribution in [0, 0.1) is 21.4 Å². The zero-order chi connectivity index (χ0) is 15.4. The molecule has 1 unspecified atom stereocenters. The van der Waals surface area contributed by atoms with E-state index in [4.69, 9.17) is 5.26 Å². The first-order valence-electron chi connectivity index (χ1n) is 6.16. The van der Waals surface area contributed by atoms with Gasteiger partial charge < -0.3 is 5.11 Å². The number of hydrogen-bond acceptors (Lipinski definition) is 5. The smallest absolute Gasteiger partial charge is 0.283 e. The first-order valence-corrected chi connectivity index (χ1v) is 6.98. The molecule has 0 aliphatic heterocycles. The maximum atomic E-state index is 11.0. The van der Waals surface area contributed by atoms with E-state index in [-0.39, 0.29) is 5.69 Å². The van der Waals surface area contributed by atoms with Crippen molar-refractivity contribution in [2.24, 2.45) is 0 Å². The molecule has 2 aromatic rings. The van der Waals surface area contributed by atoms with Crippen LogP contribution < -0.4 is 0 Å². The molecule has 0 aromatic heterocycles. The topological polar surface area (TPSA) is 87.2 Å². The van der Waals surface area contributed by atoms with Crippen LogP contribution in [0.3, 0.4) is 0 Å². The van der Waals surface area contributed by atoms with E-state index in [9.17, 15) is 15.2 Å². The molecule has 0 saturated heterocycles. The Kier molecular flexibility index (Phi) is 4.58. The lowest BCUT2D eigenvalue weighted by Gasteiger charge is -2.12. The average Bonchev–Trinajstić information content (AvgIpc) is 2.47. The minimum absolute atomic E-state index is 0.00130. The predicted molar refractivity (Wildman–Crippen MR) is 79.0 cm³/mol. The second kappa shape index (κ2) is 6.39. The molecule has 21 heavy (non-hydrogen) atoms. The monoisotopic (exact) mass is 300 g/mol. The number of nitro groups is 1. The van der Waals surface area contributed by atoms with Gasteiger partial charge in [-0.25, -0.2) is 0 Å². The summed E-state index contributed by atoms with van der Waals surface area (Å²) in [5, 5.41) is 29.8. The summed E-state index contributed by atoms with van der Waals surface area (Å²) >= 11 is 1.17. The molecule has 0 spiro atoms. The van der Waals surface area contributed by atoms with Crippen molar-refractivity contribution >= 4 is 17.4 Å². The van der Waals surface area contributed by atoms with E-state index in [1.807, 2.05) is 6.07 Å². The molecule has 1 N–H and O–H groups in total. The van der Waals surface area contributed by atoms with Gasteiger partial charge in [0, 0.05) is 11.0 Å². The van der Waals surface area contributed by atoms with Crippen molar-refractivity contribution in [2.75, 3.05) is 0 Å². The number of nitrogens with zero attached hydrogens (tertiary/aromatic N) is 2. The Hall–Kier alpha value is -2.36. The van der Waals surface area contributed by atoms with Crippen LogP contribution in [-0.4, -0.2) is 10.0 Å². The minimum atomic E-state index is -0.719. The van der Waals surface area contributed by atoms with Crippen molar-refractivity contribution in [1.82, 2.24) is 0 Å². The SMILES string of the molecule is CC(O)c1ccc(C#N)cc1Sc1ccccc1[N+](=O)[O-]. The van der Waals surface area contributed by atoms with Gasteiger partial charge in [-0.2, -0.15) is 5.26 Å². The summed E-state index contributed by atoms with van der Waals surface area (Å²) < 4.78 is 0. The van der Waals surface area contributed by atoms with Gasteiger partial charge in [0.15, 0.2) is 0 Å². The third-order valence-corrected chi connectivity index (χ3v) is 4.01. The Labute approximate surface area is 126 Å². The van der Waals surface area contributed by atoms with Crippen LogP contribution in [0.15, 0.2) is 52.3 Å². The van der Waals surface area contributed by atoms with Gasteiger partial charge in [0.1, 0.15) is 0 Å². The van der Waals surface area contributed by atoms with Crippen molar-refractivity contribution in [3.05, 3.63) is 63.7 Å². The summed E-state index contributed by atoms with van der Waals surface area (Å²) in [6, 6.07) is 13.3. The first-order chi connectivity index (χ1) is 10.0. The van der Waals surface area contributed by atoms with E-state index in [1.54, 1.807) is 43.3 Å². The molecule has 2 aromatic carbocycles. The first kappa shape index (κ1) is 15.0. The highest BCUT2D eigenvalue weighted by Gasteiger charge is 2.17. The third-order valence-electron chi connectivity index (χ3n) is 2.87. The third kappa shape index (κ3) is 3.40. The Morgan fingerprint density at radius 3 is 2.62 bits per heavy atom. The Balaban J connectivity index is 2.48. The van der Waals surface area contributed by atoms with E-state index in [0.29, 0.717) is 20.9 Å². The van der Waals surface area contributed by atoms with Gasteiger partial charge in [0.05, 0.1) is 27.6 Å². The molecule has 0 aliphatic rings. The van der Waals surface area contributed by atoms with E-state index in [2.05, 4.69) is 0 Å².